The molecule has 0 saturated carbocycles. The van der Waals surface area contributed by atoms with Gasteiger partial charge in [-0.3, -0.25) is 4.79 Å². The number of esters is 2. The first-order chi connectivity index (χ1) is 15.9. The molecule has 0 amide bonds. The second-order valence-corrected chi connectivity index (χ2v) is 7.44. The average Bonchev–Trinajstić information content (AvgIpc) is 2.83. The van der Waals surface area contributed by atoms with Gasteiger partial charge in [-0.1, -0.05) is 74.7 Å². The van der Waals surface area contributed by atoms with Crippen LogP contribution in [0.25, 0.3) is 28.3 Å². The average molecular weight is 439 g/mol. The summed E-state index contributed by atoms with van der Waals surface area (Å²) in [7, 11) is 0. The Morgan fingerprint density at radius 1 is 0.848 bits per heavy atom. The molecule has 0 aliphatic heterocycles. The Labute approximate surface area is 194 Å². The zero-order valence-corrected chi connectivity index (χ0v) is 18.8. The lowest BCUT2D eigenvalue weighted by molar-refractivity contribution is -0.134. The standard InChI is InChI=1S/C29H26O4/c1-5-7-8-24-19-23(21-9-14-26(15-10-21)33-29(31)20(3)4)13-18-27(24)22-11-16-25(17-12-22)32-28(30)6-2/h5,7-19H,1,3,6H2,2,4H3/b8-7+. The highest BCUT2D eigenvalue weighted by molar-refractivity contribution is 5.89. The molecule has 0 unspecified atom stereocenters. The quantitative estimate of drug-likeness (QED) is 0.164. The summed E-state index contributed by atoms with van der Waals surface area (Å²) in [4.78, 5) is 23.2. The van der Waals surface area contributed by atoms with Crippen LogP contribution in [-0.4, -0.2) is 11.9 Å². The molecule has 0 spiro atoms. The maximum Gasteiger partial charge on any atom is 0.338 e. The molecule has 0 aliphatic carbocycles. The molecule has 4 nitrogen and oxygen atoms in total. The molecule has 0 atom stereocenters. The van der Waals surface area contributed by atoms with E-state index in [1.165, 1.54) is 0 Å². The number of allylic oxidation sites excluding steroid dienone is 2. The fourth-order valence-corrected chi connectivity index (χ4v) is 3.13. The van der Waals surface area contributed by atoms with Crippen LogP contribution in [0.4, 0.5) is 0 Å². The van der Waals surface area contributed by atoms with E-state index in [0.717, 1.165) is 27.8 Å². The molecule has 0 fully saturated rings. The third-order valence-corrected chi connectivity index (χ3v) is 4.90. The van der Waals surface area contributed by atoms with E-state index in [9.17, 15) is 9.59 Å². The minimum Gasteiger partial charge on any atom is -0.427 e. The van der Waals surface area contributed by atoms with E-state index in [4.69, 9.17) is 9.47 Å². The lowest BCUT2D eigenvalue weighted by atomic mass is 9.94. The largest absolute Gasteiger partial charge is 0.427 e. The smallest absolute Gasteiger partial charge is 0.338 e. The van der Waals surface area contributed by atoms with E-state index in [0.29, 0.717) is 23.5 Å². The molecule has 0 N–H and O–H groups in total. The molecular weight excluding hydrogens is 412 g/mol. The van der Waals surface area contributed by atoms with E-state index in [1.807, 2.05) is 42.5 Å². The van der Waals surface area contributed by atoms with Crippen molar-refractivity contribution in [2.45, 2.75) is 20.3 Å². The first-order valence-electron chi connectivity index (χ1n) is 10.6. The minimum absolute atomic E-state index is 0.262. The van der Waals surface area contributed by atoms with Crippen molar-refractivity contribution in [1.82, 2.24) is 0 Å². The molecule has 33 heavy (non-hydrogen) atoms. The van der Waals surface area contributed by atoms with E-state index in [-0.39, 0.29) is 5.97 Å². The Bertz CT molecular complexity index is 1200. The first kappa shape index (κ1) is 23.5. The van der Waals surface area contributed by atoms with Crippen molar-refractivity contribution in [3.63, 3.8) is 0 Å². The molecule has 0 heterocycles. The van der Waals surface area contributed by atoms with Gasteiger partial charge in [0.1, 0.15) is 11.5 Å². The molecule has 0 saturated heterocycles. The van der Waals surface area contributed by atoms with Gasteiger partial charge in [-0.2, -0.15) is 0 Å². The highest BCUT2D eigenvalue weighted by atomic mass is 16.5. The number of rotatable bonds is 8. The Balaban J connectivity index is 1.90. The third kappa shape index (κ3) is 6.17. The van der Waals surface area contributed by atoms with Crippen molar-refractivity contribution in [1.29, 1.82) is 0 Å². The first-order valence-corrected chi connectivity index (χ1v) is 10.6. The van der Waals surface area contributed by atoms with Gasteiger partial charge >= 0.3 is 11.9 Å². The van der Waals surface area contributed by atoms with Gasteiger partial charge in [-0.15, -0.1) is 0 Å². The van der Waals surface area contributed by atoms with E-state index in [2.05, 4.69) is 25.3 Å². The van der Waals surface area contributed by atoms with Crippen LogP contribution in [-0.2, 0) is 9.59 Å². The third-order valence-electron chi connectivity index (χ3n) is 4.90. The predicted molar refractivity (Wildman–Crippen MR) is 133 cm³/mol. The summed E-state index contributed by atoms with van der Waals surface area (Å²) in [6.07, 6.45) is 5.95. The lowest BCUT2D eigenvalue weighted by Crippen LogP contribution is -2.07. The Morgan fingerprint density at radius 2 is 1.42 bits per heavy atom. The van der Waals surface area contributed by atoms with Crippen LogP contribution < -0.4 is 9.47 Å². The number of carbonyl (C=O) groups excluding carboxylic acids is 2. The topological polar surface area (TPSA) is 52.6 Å². The molecule has 0 radical (unpaired) electrons. The van der Waals surface area contributed by atoms with Crippen molar-refractivity contribution in [2.24, 2.45) is 0 Å². The molecule has 3 aromatic rings. The van der Waals surface area contributed by atoms with Gasteiger partial charge in [0.05, 0.1) is 0 Å². The number of ether oxygens (including phenoxy) is 2. The predicted octanol–water partition coefficient (Wildman–Crippen LogP) is 7.02. The van der Waals surface area contributed by atoms with E-state index in [1.54, 1.807) is 44.2 Å². The second kappa shape index (κ2) is 10.9. The van der Waals surface area contributed by atoms with E-state index >= 15 is 0 Å². The molecule has 0 aliphatic rings. The summed E-state index contributed by atoms with van der Waals surface area (Å²) < 4.78 is 10.5. The lowest BCUT2D eigenvalue weighted by Gasteiger charge is -2.11. The fourth-order valence-electron chi connectivity index (χ4n) is 3.13. The summed E-state index contributed by atoms with van der Waals surface area (Å²) in [5.41, 5.74) is 5.43. The molecule has 4 heteroatoms. The van der Waals surface area contributed by atoms with Gasteiger partial charge in [0.25, 0.3) is 0 Å². The SMILES string of the molecule is C=C/C=C/c1cc(-c2ccc(OC(=O)C(=C)C)cc2)ccc1-c1ccc(OC(=O)CC)cc1. The van der Waals surface area contributed by atoms with Crippen LogP contribution >= 0.6 is 0 Å². The number of benzene rings is 3. The van der Waals surface area contributed by atoms with Crippen LogP contribution in [0.1, 0.15) is 25.8 Å². The summed E-state index contributed by atoms with van der Waals surface area (Å²) in [6, 6.07) is 21.0. The normalized spacial score (nSPS) is 10.6. The monoisotopic (exact) mass is 438 g/mol. The molecule has 166 valence electrons. The highest BCUT2D eigenvalue weighted by Crippen LogP contribution is 2.32. The van der Waals surface area contributed by atoms with Crippen molar-refractivity contribution in [3.05, 3.63) is 103 Å². The maximum absolute atomic E-state index is 11.7. The van der Waals surface area contributed by atoms with Gasteiger partial charge in [0.15, 0.2) is 0 Å². The molecule has 3 aromatic carbocycles. The summed E-state index contributed by atoms with van der Waals surface area (Å²) in [5, 5.41) is 0. The Morgan fingerprint density at radius 3 is 2.00 bits per heavy atom. The van der Waals surface area contributed by atoms with Crippen LogP contribution in [0.3, 0.4) is 0 Å². The van der Waals surface area contributed by atoms with Crippen molar-refractivity contribution in [2.75, 3.05) is 0 Å². The van der Waals surface area contributed by atoms with Crippen LogP contribution in [0.15, 0.2) is 97.6 Å². The second-order valence-electron chi connectivity index (χ2n) is 7.44. The highest BCUT2D eigenvalue weighted by Gasteiger charge is 2.09. The van der Waals surface area contributed by atoms with Crippen molar-refractivity contribution < 1.29 is 19.1 Å². The van der Waals surface area contributed by atoms with Crippen molar-refractivity contribution in [3.8, 4) is 33.8 Å². The Hall–Kier alpha value is -4.18. The van der Waals surface area contributed by atoms with Gasteiger partial charge in [0.2, 0.25) is 0 Å². The number of hydrogen-bond acceptors (Lipinski definition) is 4. The van der Waals surface area contributed by atoms with Gasteiger partial charge < -0.3 is 9.47 Å². The fraction of sp³-hybridized carbons (Fsp3) is 0.103. The summed E-state index contributed by atoms with van der Waals surface area (Å²) >= 11 is 0. The summed E-state index contributed by atoms with van der Waals surface area (Å²) in [6.45, 7) is 10.7. The zero-order chi connectivity index (χ0) is 23.8. The van der Waals surface area contributed by atoms with Gasteiger partial charge in [-0.05, 0) is 65.1 Å². The molecular formula is C29H26O4. The van der Waals surface area contributed by atoms with Gasteiger partial charge in [-0.25, -0.2) is 4.79 Å². The van der Waals surface area contributed by atoms with Crippen LogP contribution in [0, 0.1) is 0 Å². The maximum atomic E-state index is 11.7. The zero-order valence-electron chi connectivity index (χ0n) is 18.8. The molecule has 0 aromatic heterocycles. The van der Waals surface area contributed by atoms with Crippen molar-refractivity contribution >= 4 is 18.0 Å². The van der Waals surface area contributed by atoms with Crippen LogP contribution in [0.5, 0.6) is 11.5 Å². The molecule has 0 bridgehead atoms. The number of carbonyl (C=O) groups is 2. The summed E-state index contributed by atoms with van der Waals surface area (Å²) in [5.74, 6) is 0.290. The van der Waals surface area contributed by atoms with Gasteiger partial charge in [0, 0.05) is 12.0 Å². The van der Waals surface area contributed by atoms with E-state index < -0.39 is 5.97 Å². The molecule has 3 rings (SSSR count). The van der Waals surface area contributed by atoms with Crippen LogP contribution in [0.2, 0.25) is 0 Å². The number of hydrogen-bond donors (Lipinski definition) is 0. The minimum atomic E-state index is -0.445. The Kier molecular flexibility index (Phi) is 7.77.